The number of carbonyl (C=O) groups excluding carboxylic acids is 1. The molecule has 2 saturated heterocycles. The molecule has 2 aliphatic heterocycles. The van der Waals surface area contributed by atoms with Gasteiger partial charge in [-0.25, -0.2) is 4.98 Å². The van der Waals surface area contributed by atoms with Gasteiger partial charge in [0.2, 0.25) is 5.95 Å². The molecule has 2 fully saturated rings. The van der Waals surface area contributed by atoms with Crippen LogP contribution in [-0.2, 0) is 9.53 Å². The zero-order chi connectivity index (χ0) is 23.3. The Morgan fingerprint density at radius 1 is 1.25 bits per heavy atom. The average molecular weight is 391 g/mol. The first-order chi connectivity index (χ1) is 15.1. The monoisotopic (exact) mass is 391 g/mol. The van der Waals surface area contributed by atoms with Crippen LogP contribution in [0.15, 0.2) is 12.1 Å². The van der Waals surface area contributed by atoms with E-state index in [4.69, 9.17) is 25.4 Å². The molecule has 2 aliphatic rings. The van der Waals surface area contributed by atoms with Crippen LogP contribution in [0.5, 0.6) is 11.5 Å². The molecule has 1 amide bonds. The number of hydrogen-bond donors (Lipinski definition) is 1. The molecule has 9 nitrogen and oxygen atoms in total. The number of amides is 1. The number of nitrogens with two attached hydrogens (primary N) is 1. The van der Waals surface area contributed by atoms with Gasteiger partial charge in [-0.2, -0.15) is 4.98 Å². The molecule has 0 bridgehead atoms. The number of benzene rings is 1. The minimum Gasteiger partial charge on any atom is -0.493 e. The molecule has 1 unspecified atom stereocenters. The van der Waals surface area contributed by atoms with E-state index in [-0.39, 0.29) is 24.9 Å². The molecule has 4 rings (SSSR count). The Kier molecular flexibility index (Phi) is 3.90. The van der Waals surface area contributed by atoms with E-state index < -0.39 is 25.0 Å². The van der Waals surface area contributed by atoms with Crippen molar-refractivity contribution in [3.63, 3.8) is 0 Å². The van der Waals surface area contributed by atoms with Gasteiger partial charge in [0.15, 0.2) is 11.5 Å². The molecule has 2 N–H and O–H groups in total. The van der Waals surface area contributed by atoms with Gasteiger partial charge in [-0.15, -0.1) is 0 Å². The largest absolute Gasteiger partial charge is 0.493 e. The Bertz CT molecular complexity index is 1030. The standard InChI is InChI=1S/C19H25N5O4/c1-26-15-10-12-13(11-16(15)27-2)21-19(22-17(12)20)24-7-5-23(6-8-24)18(25)14-4-3-9-28-14/h10-11,14H,3-9H2,1-2H3,(H2,20,21,22)/i7D2,8D2. The van der Waals surface area contributed by atoms with Gasteiger partial charge in [0.05, 0.1) is 25.2 Å². The number of ether oxygens (including phenoxy) is 3. The fourth-order valence-corrected chi connectivity index (χ4v) is 3.26. The summed E-state index contributed by atoms with van der Waals surface area (Å²) in [6.07, 6.45) is 0.623. The van der Waals surface area contributed by atoms with E-state index >= 15 is 0 Å². The topological polar surface area (TPSA) is 103 Å². The molecule has 28 heavy (non-hydrogen) atoms. The summed E-state index contributed by atoms with van der Waals surface area (Å²) in [7, 11) is 2.95. The number of piperazine rings is 1. The third-order valence-corrected chi connectivity index (χ3v) is 4.77. The van der Waals surface area contributed by atoms with Crippen LogP contribution in [0.3, 0.4) is 0 Å². The van der Waals surface area contributed by atoms with Gasteiger partial charge in [-0.1, -0.05) is 0 Å². The zero-order valence-electron chi connectivity index (χ0n) is 19.8. The fraction of sp³-hybridized carbons (Fsp3) is 0.526. The van der Waals surface area contributed by atoms with Crippen molar-refractivity contribution >= 4 is 28.6 Å². The molecule has 0 saturated carbocycles. The van der Waals surface area contributed by atoms with Crippen LogP contribution in [0, 0.1) is 0 Å². The van der Waals surface area contributed by atoms with Crippen LogP contribution >= 0.6 is 0 Å². The molecular weight excluding hydrogens is 362 g/mol. The van der Waals surface area contributed by atoms with Crippen LogP contribution in [0.1, 0.15) is 18.3 Å². The summed E-state index contributed by atoms with van der Waals surface area (Å²) in [5, 5.41) is 0.458. The maximum atomic E-state index is 12.8. The molecule has 1 atom stereocenters. The second-order valence-corrected chi connectivity index (χ2v) is 6.48. The summed E-state index contributed by atoms with van der Waals surface area (Å²) in [5.74, 6) is 0.222. The third-order valence-electron chi connectivity index (χ3n) is 4.77. The maximum Gasteiger partial charge on any atom is 0.251 e. The number of aromatic nitrogens is 2. The van der Waals surface area contributed by atoms with E-state index in [2.05, 4.69) is 9.97 Å². The van der Waals surface area contributed by atoms with E-state index in [1.807, 2.05) is 0 Å². The van der Waals surface area contributed by atoms with Gasteiger partial charge in [-0.05, 0) is 18.9 Å². The lowest BCUT2D eigenvalue weighted by molar-refractivity contribution is -0.141. The number of nitrogens with zero attached hydrogens (tertiary/aromatic N) is 4. The number of hydrogen-bond acceptors (Lipinski definition) is 8. The van der Waals surface area contributed by atoms with E-state index in [1.165, 1.54) is 19.1 Å². The summed E-state index contributed by atoms with van der Waals surface area (Å²) < 4.78 is 50.2. The highest BCUT2D eigenvalue weighted by Crippen LogP contribution is 2.34. The number of rotatable bonds is 4. The van der Waals surface area contributed by atoms with E-state index in [0.717, 1.165) is 11.3 Å². The first-order valence-electron chi connectivity index (χ1n) is 11.0. The predicted octanol–water partition coefficient (Wildman–Crippen LogP) is 1.06. The second-order valence-electron chi connectivity index (χ2n) is 6.48. The molecule has 150 valence electrons. The number of anilines is 2. The summed E-state index contributed by atoms with van der Waals surface area (Å²) in [5.41, 5.74) is 6.46. The third kappa shape index (κ3) is 3.37. The number of methoxy groups -OCH3 is 2. The fourth-order valence-electron chi connectivity index (χ4n) is 3.26. The highest BCUT2D eigenvalue weighted by atomic mass is 16.5. The first kappa shape index (κ1) is 14.2. The Morgan fingerprint density at radius 3 is 2.61 bits per heavy atom. The summed E-state index contributed by atoms with van der Waals surface area (Å²) in [6.45, 7) is -4.86. The lowest BCUT2D eigenvalue weighted by Crippen LogP contribution is -2.51. The molecule has 1 aromatic carbocycles. The van der Waals surface area contributed by atoms with Gasteiger partial charge >= 0.3 is 0 Å². The van der Waals surface area contributed by atoms with Crippen LogP contribution in [0.2, 0.25) is 0 Å². The highest BCUT2D eigenvalue weighted by molar-refractivity contribution is 5.91. The van der Waals surface area contributed by atoms with Crippen molar-refractivity contribution in [2.75, 3.05) is 57.5 Å². The number of carbonyl (C=O) groups is 1. The average Bonchev–Trinajstić information content (AvgIpc) is 3.25. The van der Waals surface area contributed by atoms with Crippen LogP contribution in [0.25, 0.3) is 10.9 Å². The molecule has 1 aromatic heterocycles. The summed E-state index contributed by atoms with van der Waals surface area (Å²) >= 11 is 0. The van der Waals surface area contributed by atoms with Crippen LogP contribution in [0.4, 0.5) is 11.8 Å². The van der Waals surface area contributed by atoms with Gasteiger partial charge in [0, 0.05) is 44.1 Å². The van der Waals surface area contributed by atoms with Gasteiger partial charge in [0.25, 0.3) is 5.91 Å². The van der Waals surface area contributed by atoms with E-state index in [9.17, 15) is 4.79 Å². The SMILES string of the molecule is [2H]C1([2H])CN(C(=O)C2CCCO2)CC([2H])([2H])N1c1nc(N)c2cc(OC)c(OC)cc2n1. The zero-order valence-corrected chi connectivity index (χ0v) is 15.8. The second kappa shape index (κ2) is 7.67. The Hall–Kier alpha value is -2.81. The van der Waals surface area contributed by atoms with Gasteiger partial charge in [0.1, 0.15) is 11.9 Å². The van der Waals surface area contributed by atoms with E-state index in [1.54, 1.807) is 12.1 Å². The lowest BCUT2D eigenvalue weighted by Gasteiger charge is -2.35. The van der Waals surface area contributed by atoms with Crippen molar-refractivity contribution in [2.45, 2.75) is 18.9 Å². The smallest absolute Gasteiger partial charge is 0.251 e. The molecule has 3 heterocycles. The molecule has 0 spiro atoms. The van der Waals surface area contributed by atoms with Crippen molar-refractivity contribution in [2.24, 2.45) is 0 Å². The van der Waals surface area contributed by atoms with Crippen LogP contribution in [-0.4, -0.2) is 73.8 Å². The highest BCUT2D eigenvalue weighted by Gasteiger charge is 2.31. The predicted molar refractivity (Wildman–Crippen MR) is 105 cm³/mol. The Morgan fingerprint density at radius 2 is 1.96 bits per heavy atom. The van der Waals surface area contributed by atoms with E-state index in [0.29, 0.717) is 35.4 Å². The normalized spacial score (nSPS) is 25.6. The van der Waals surface area contributed by atoms with Gasteiger partial charge < -0.3 is 29.7 Å². The van der Waals surface area contributed by atoms with Crippen molar-refractivity contribution < 1.29 is 24.5 Å². The quantitative estimate of drug-likeness (QED) is 0.825. The Balaban J connectivity index is 1.73. The van der Waals surface area contributed by atoms with Crippen molar-refractivity contribution in [3.05, 3.63) is 12.1 Å². The minimum atomic E-state index is -2.30. The lowest BCUT2D eigenvalue weighted by atomic mass is 10.2. The summed E-state index contributed by atoms with van der Waals surface area (Å²) in [6, 6.07) is 3.17. The Labute approximate surface area is 169 Å². The molecule has 0 aliphatic carbocycles. The minimum absolute atomic E-state index is 0.0374. The first-order valence-corrected chi connectivity index (χ1v) is 8.97. The number of fused-ring (bicyclic) bond motifs is 1. The van der Waals surface area contributed by atoms with Crippen molar-refractivity contribution in [1.29, 1.82) is 0 Å². The van der Waals surface area contributed by atoms with Crippen molar-refractivity contribution in [3.8, 4) is 11.5 Å². The molecule has 0 radical (unpaired) electrons. The molecule has 9 heteroatoms. The summed E-state index contributed by atoms with van der Waals surface area (Å²) in [4.78, 5) is 23.3. The van der Waals surface area contributed by atoms with Crippen molar-refractivity contribution in [1.82, 2.24) is 14.9 Å². The van der Waals surface area contributed by atoms with Gasteiger partial charge in [-0.3, -0.25) is 4.79 Å². The maximum absolute atomic E-state index is 12.8. The van der Waals surface area contributed by atoms with Crippen LogP contribution < -0.4 is 20.1 Å². The molecular formula is C19H25N5O4. The number of nitrogen functional groups attached to an aromatic ring is 1. The molecule has 2 aromatic rings.